The fraction of sp³-hybridized carbons (Fsp3) is 0.562. The first-order valence-corrected chi connectivity index (χ1v) is 9.62. The van der Waals surface area contributed by atoms with Crippen molar-refractivity contribution in [2.75, 3.05) is 0 Å². The zero-order valence-electron chi connectivity index (χ0n) is 13.4. The molecule has 0 unspecified atom stereocenters. The second kappa shape index (κ2) is 7.79. The lowest BCUT2D eigenvalue weighted by Gasteiger charge is -2.26. The second-order valence-corrected chi connectivity index (χ2v) is 7.99. The van der Waals surface area contributed by atoms with Gasteiger partial charge in [-0.3, -0.25) is 0 Å². The zero-order chi connectivity index (χ0) is 16.9. The van der Waals surface area contributed by atoms with E-state index in [-0.39, 0.29) is 18.3 Å². The van der Waals surface area contributed by atoms with E-state index >= 15 is 0 Å². The summed E-state index contributed by atoms with van der Waals surface area (Å²) in [4.78, 5) is 11.9. The summed E-state index contributed by atoms with van der Waals surface area (Å²) < 4.78 is 26.4. The van der Waals surface area contributed by atoms with Gasteiger partial charge < -0.3 is 11.1 Å². The molecule has 0 atom stereocenters. The minimum Gasteiger partial charge on any atom is -0.335 e. The molecule has 23 heavy (non-hydrogen) atoms. The number of carbonyl (C=O) groups excluding carboxylic acids is 1. The van der Waals surface area contributed by atoms with Gasteiger partial charge in [0.1, 0.15) is 0 Å². The van der Waals surface area contributed by atoms with Crippen molar-refractivity contribution in [3.05, 3.63) is 35.4 Å². The molecule has 1 saturated carbocycles. The molecule has 128 valence electrons. The first kappa shape index (κ1) is 17.7. The van der Waals surface area contributed by atoms with Crippen LogP contribution in [-0.2, 0) is 22.3 Å². The van der Waals surface area contributed by atoms with Crippen molar-refractivity contribution in [1.82, 2.24) is 10.0 Å². The maximum atomic E-state index is 12.2. The molecular formula is C16H25N3O3S. The minimum atomic E-state index is -3.75. The predicted octanol–water partition coefficient (Wildman–Crippen LogP) is 1.85. The molecule has 0 heterocycles. The van der Waals surface area contributed by atoms with E-state index in [1.54, 1.807) is 18.2 Å². The van der Waals surface area contributed by atoms with Gasteiger partial charge in [0, 0.05) is 12.6 Å². The van der Waals surface area contributed by atoms with E-state index in [0.29, 0.717) is 11.5 Å². The van der Waals surface area contributed by atoms with Crippen LogP contribution in [0.4, 0.5) is 4.79 Å². The van der Waals surface area contributed by atoms with E-state index < -0.39 is 16.1 Å². The first-order valence-electron chi connectivity index (χ1n) is 7.97. The Morgan fingerprint density at radius 1 is 1.17 bits per heavy atom. The molecule has 0 bridgehead atoms. The lowest BCUT2D eigenvalue weighted by molar-refractivity contribution is 0.233. The monoisotopic (exact) mass is 339 g/mol. The number of benzene rings is 1. The van der Waals surface area contributed by atoms with Crippen molar-refractivity contribution >= 4 is 16.1 Å². The average Bonchev–Trinajstić information content (AvgIpc) is 2.49. The number of amides is 2. The van der Waals surface area contributed by atoms with Gasteiger partial charge in [-0.1, -0.05) is 31.2 Å². The Morgan fingerprint density at radius 2 is 1.78 bits per heavy atom. The molecule has 0 aliphatic heterocycles. The summed E-state index contributed by atoms with van der Waals surface area (Å²) in [5, 5.41) is 2.76. The first-order chi connectivity index (χ1) is 10.9. The van der Waals surface area contributed by atoms with E-state index in [0.717, 1.165) is 31.2 Å². The maximum absolute atomic E-state index is 12.2. The molecule has 2 rings (SSSR count). The van der Waals surface area contributed by atoms with Crippen molar-refractivity contribution in [1.29, 1.82) is 0 Å². The van der Waals surface area contributed by atoms with Crippen molar-refractivity contribution in [3.8, 4) is 0 Å². The van der Waals surface area contributed by atoms with Crippen molar-refractivity contribution < 1.29 is 13.2 Å². The third kappa shape index (κ3) is 5.51. The van der Waals surface area contributed by atoms with Crippen molar-refractivity contribution in [2.24, 2.45) is 11.7 Å². The summed E-state index contributed by atoms with van der Waals surface area (Å²) in [6.07, 6.45) is 3.90. The van der Waals surface area contributed by atoms with Gasteiger partial charge in [0.05, 0.1) is 5.75 Å². The summed E-state index contributed by atoms with van der Waals surface area (Å²) in [6.45, 7) is 2.45. The predicted molar refractivity (Wildman–Crippen MR) is 90.0 cm³/mol. The van der Waals surface area contributed by atoms with Crippen LogP contribution in [0, 0.1) is 5.92 Å². The Morgan fingerprint density at radius 3 is 2.39 bits per heavy atom. The molecule has 0 aromatic heterocycles. The lowest BCUT2D eigenvalue weighted by Crippen LogP contribution is -2.45. The van der Waals surface area contributed by atoms with Crippen molar-refractivity contribution in [2.45, 2.75) is 50.9 Å². The van der Waals surface area contributed by atoms with Gasteiger partial charge in [0.25, 0.3) is 0 Å². The smallest absolute Gasteiger partial charge is 0.328 e. The Hall–Kier alpha value is -1.60. The van der Waals surface area contributed by atoms with E-state index in [4.69, 9.17) is 5.73 Å². The standard InChI is InChI=1S/C16H25N3O3S/c1-12-6-8-15(9-7-12)18-16(20)19-23(21,22)11-14-5-3-2-4-13(14)10-17/h2-5,12,15H,6-11,17H2,1H3,(H2,18,19,20). The number of hydrogen-bond donors (Lipinski definition) is 3. The molecule has 6 nitrogen and oxygen atoms in total. The normalized spacial score (nSPS) is 21.7. The highest BCUT2D eigenvalue weighted by Gasteiger charge is 2.22. The van der Waals surface area contributed by atoms with Gasteiger partial charge in [-0.2, -0.15) is 0 Å². The molecule has 4 N–H and O–H groups in total. The number of urea groups is 1. The molecule has 1 aromatic carbocycles. The van der Waals surface area contributed by atoms with Gasteiger partial charge in [-0.25, -0.2) is 17.9 Å². The van der Waals surface area contributed by atoms with Gasteiger partial charge in [-0.15, -0.1) is 0 Å². The number of carbonyl (C=O) groups is 1. The van der Waals surface area contributed by atoms with Crippen LogP contribution < -0.4 is 15.8 Å². The van der Waals surface area contributed by atoms with Crippen LogP contribution in [0.2, 0.25) is 0 Å². The number of hydrogen-bond acceptors (Lipinski definition) is 4. The second-order valence-electron chi connectivity index (χ2n) is 6.26. The van der Waals surface area contributed by atoms with E-state index in [9.17, 15) is 13.2 Å². The van der Waals surface area contributed by atoms with Gasteiger partial charge in [0.2, 0.25) is 10.0 Å². The molecule has 1 aliphatic rings. The summed E-state index contributed by atoms with van der Waals surface area (Å²) in [6, 6.07) is 6.47. The van der Waals surface area contributed by atoms with Crippen LogP contribution in [0.15, 0.2) is 24.3 Å². The molecule has 1 aromatic rings. The largest absolute Gasteiger partial charge is 0.335 e. The van der Waals surface area contributed by atoms with Gasteiger partial charge in [-0.05, 0) is 42.7 Å². The summed E-state index contributed by atoms with van der Waals surface area (Å²) >= 11 is 0. The van der Waals surface area contributed by atoms with Crippen LogP contribution >= 0.6 is 0 Å². The van der Waals surface area contributed by atoms with Crippen LogP contribution in [0.3, 0.4) is 0 Å². The fourth-order valence-electron chi connectivity index (χ4n) is 2.90. The van der Waals surface area contributed by atoms with Gasteiger partial charge in [0.15, 0.2) is 0 Å². The highest BCUT2D eigenvalue weighted by Crippen LogP contribution is 2.23. The van der Waals surface area contributed by atoms with E-state index in [1.807, 2.05) is 6.07 Å². The summed E-state index contributed by atoms with van der Waals surface area (Å²) in [7, 11) is -3.75. The number of nitrogens with two attached hydrogens (primary N) is 1. The summed E-state index contributed by atoms with van der Waals surface area (Å²) in [5.74, 6) is 0.419. The third-order valence-electron chi connectivity index (χ3n) is 4.28. The molecule has 2 amide bonds. The van der Waals surface area contributed by atoms with Crippen LogP contribution in [0.25, 0.3) is 0 Å². The zero-order valence-corrected chi connectivity index (χ0v) is 14.2. The third-order valence-corrected chi connectivity index (χ3v) is 5.47. The molecule has 0 radical (unpaired) electrons. The molecule has 0 spiro atoms. The Balaban J connectivity index is 1.91. The van der Waals surface area contributed by atoms with E-state index in [1.165, 1.54) is 0 Å². The molecule has 0 saturated heterocycles. The maximum Gasteiger partial charge on any atom is 0.328 e. The van der Waals surface area contributed by atoms with Crippen LogP contribution in [0.5, 0.6) is 0 Å². The van der Waals surface area contributed by atoms with Crippen molar-refractivity contribution in [3.63, 3.8) is 0 Å². The Bertz CT molecular complexity index is 638. The molecule has 7 heteroatoms. The average molecular weight is 339 g/mol. The number of sulfonamides is 1. The fourth-order valence-corrected chi connectivity index (χ4v) is 4.00. The molecule has 1 fully saturated rings. The summed E-state index contributed by atoms with van der Waals surface area (Å²) in [5.41, 5.74) is 6.99. The van der Waals surface area contributed by atoms with E-state index in [2.05, 4.69) is 17.0 Å². The number of rotatable bonds is 5. The van der Waals surface area contributed by atoms with Crippen LogP contribution in [-0.4, -0.2) is 20.5 Å². The van der Waals surface area contributed by atoms with Crippen LogP contribution in [0.1, 0.15) is 43.7 Å². The minimum absolute atomic E-state index is 0.0535. The highest BCUT2D eigenvalue weighted by atomic mass is 32.2. The molecule has 1 aliphatic carbocycles. The highest BCUT2D eigenvalue weighted by molar-refractivity contribution is 7.89. The van der Waals surface area contributed by atoms with Gasteiger partial charge >= 0.3 is 6.03 Å². The molecular weight excluding hydrogens is 314 g/mol. The Labute approximate surface area is 137 Å². The SMILES string of the molecule is CC1CCC(NC(=O)NS(=O)(=O)Cc2ccccc2CN)CC1. The topological polar surface area (TPSA) is 101 Å². The quantitative estimate of drug-likeness (QED) is 0.762. The lowest BCUT2D eigenvalue weighted by atomic mass is 9.87. The number of nitrogens with one attached hydrogen (secondary N) is 2. The Kier molecular flexibility index (Phi) is 6.01.